The molecule has 4 heterocycles. The first-order valence-corrected chi connectivity index (χ1v) is 13.1. The van der Waals surface area contributed by atoms with Crippen molar-refractivity contribution in [3.8, 4) is 33.8 Å². The maximum absolute atomic E-state index is 14.4. The van der Waals surface area contributed by atoms with Gasteiger partial charge in [-0.2, -0.15) is 4.98 Å². The summed E-state index contributed by atoms with van der Waals surface area (Å²) in [6, 6.07) is 24.6. The maximum atomic E-state index is 14.4. The summed E-state index contributed by atoms with van der Waals surface area (Å²) in [6.07, 6.45) is 6.81. The third-order valence-electron chi connectivity index (χ3n) is 6.92. The van der Waals surface area contributed by atoms with E-state index < -0.39 is 0 Å². The number of rotatable bonds is 7. The number of fused-ring (bicyclic) bond motifs is 1. The summed E-state index contributed by atoms with van der Waals surface area (Å²) in [5.41, 5.74) is 10.6. The second-order valence-corrected chi connectivity index (χ2v) is 9.50. The highest BCUT2D eigenvalue weighted by atomic mass is 16.5. The molecule has 0 aliphatic heterocycles. The van der Waals surface area contributed by atoms with Crippen LogP contribution >= 0.6 is 0 Å². The van der Waals surface area contributed by atoms with Crippen LogP contribution in [-0.2, 0) is 0 Å². The molecule has 0 radical (unpaired) electrons. The topological polar surface area (TPSA) is 121 Å². The first kappa shape index (κ1) is 25.7. The number of nitrogens with two attached hydrogens (primary N) is 1. The lowest BCUT2D eigenvalue weighted by molar-refractivity contribution is 0.398. The molecule has 0 fully saturated rings. The van der Waals surface area contributed by atoms with E-state index in [2.05, 4.69) is 25.3 Å². The highest BCUT2D eigenvalue weighted by Crippen LogP contribution is 2.33. The van der Waals surface area contributed by atoms with Gasteiger partial charge in [-0.1, -0.05) is 42.5 Å². The predicted molar refractivity (Wildman–Crippen MR) is 161 cm³/mol. The van der Waals surface area contributed by atoms with Gasteiger partial charge in [0.1, 0.15) is 5.82 Å². The minimum absolute atomic E-state index is 0.140. The van der Waals surface area contributed by atoms with Crippen molar-refractivity contribution in [1.82, 2.24) is 24.5 Å². The zero-order chi connectivity index (χ0) is 28.3. The zero-order valence-corrected chi connectivity index (χ0v) is 22.5. The molecule has 0 aliphatic carbocycles. The number of nitrogen functional groups attached to an aromatic ring is 1. The van der Waals surface area contributed by atoms with Crippen molar-refractivity contribution in [2.45, 2.75) is 13.0 Å². The molecule has 3 N–H and O–H groups in total. The van der Waals surface area contributed by atoms with Gasteiger partial charge in [0, 0.05) is 53.4 Å². The first-order chi connectivity index (χ1) is 20.0. The van der Waals surface area contributed by atoms with E-state index in [4.69, 9.17) is 10.5 Å². The minimum Gasteiger partial charge on any atom is -0.481 e. The van der Waals surface area contributed by atoms with Crippen LogP contribution in [0.25, 0.3) is 38.7 Å². The largest absolute Gasteiger partial charge is 0.481 e. The van der Waals surface area contributed by atoms with E-state index in [0.29, 0.717) is 17.1 Å². The van der Waals surface area contributed by atoms with E-state index in [1.54, 1.807) is 36.5 Å². The summed E-state index contributed by atoms with van der Waals surface area (Å²) < 4.78 is 7.09. The van der Waals surface area contributed by atoms with Gasteiger partial charge in [0.25, 0.3) is 5.56 Å². The second-order valence-electron chi connectivity index (χ2n) is 9.50. The van der Waals surface area contributed by atoms with E-state index in [0.717, 1.165) is 39.0 Å². The number of aromatic nitrogens is 5. The Kier molecular flexibility index (Phi) is 6.83. The number of hydrogen-bond donors (Lipinski definition) is 2. The lowest BCUT2D eigenvalue weighted by atomic mass is 9.98. The normalized spacial score (nSPS) is 11.8. The van der Waals surface area contributed by atoms with E-state index in [1.807, 2.05) is 85.8 Å². The Morgan fingerprint density at radius 1 is 0.878 bits per heavy atom. The van der Waals surface area contributed by atoms with E-state index in [9.17, 15) is 4.79 Å². The molecular weight excluding hydrogens is 514 g/mol. The number of pyridine rings is 3. The van der Waals surface area contributed by atoms with Crippen molar-refractivity contribution in [2.75, 3.05) is 18.2 Å². The molecule has 2 aromatic carbocycles. The summed E-state index contributed by atoms with van der Waals surface area (Å²) in [6.45, 7) is 1.99. The van der Waals surface area contributed by atoms with Gasteiger partial charge in [-0.3, -0.25) is 14.3 Å². The molecule has 0 saturated heterocycles. The Hall–Kier alpha value is -5.57. The summed E-state index contributed by atoms with van der Waals surface area (Å²) in [4.78, 5) is 31.6. The van der Waals surface area contributed by atoms with Gasteiger partial charge in [0.2, 0.25) is 11.8 Å². The molecule has 202 valence electrons. The molecule has 0 bridgehead atoms. The molecule has 0 saturated carbocycles. The molecule has 41 heavy (non-hydrogen) atoms. The van der Waals surface area contributed by atoms with Gasteiger partial charge in [0.05, 0.1) is 18.5 Å². The number of nitrogens with zero attached hydrogens (tertiary/aromatic N) is 5. The number of ether oxygens (including phenoxy) is 1. The second kappa shape index (κ2) is 10.9. The number of benzene rings is 2. The number of nitrogens with one attached hydrogen (secondary N) is 1. The SMILES string of the molecule is COc1cc(-c2cccc3cc([C@H](C)Nc4nc(N)ncc4-c4cccnc4)n(-c4ccccc4)c(=O)c23)ccn1. The average molecular weight is 542 g/mol. The number of methoxy groups -OCH3 is 1. The summed E-state index contributed by atoms with van der Waals surface area (Å²) in [7, 11) is 1.57. The molecule has 6 aromatic rings. The Balaban J connectivity index is 1.54. The standard InChI is InChI=1S/C32H27N7O2/c1-20(37-30-26(19-36-32(33)38-30)23-9-7-14-34-18-23)27-16-22-8-6-12-25(21-13-15-35-28(17-21)41-2)29(22)31(40)39(27)24-10-4-3-5-11-24/h3-20H,1-2H3,(H3,33,36,37,38)/t20-/m0/s1. The lowest BCUT2D eigenvalue weighted by Crippen LogP contribution is -2.26. The molecule has 1 atom stereocenters. The third-order valence-corrected chi connectivity index (χ3v) is 6.92. The maximum Gasteiger partial charge on any atom is 0.263 e. The summed E-state index contributed by atoms with van der Waals surface area (Å²) in [5, 5.41) is 4.90. The fraction of sp³-hybridized carbons (Fsp3) is 0.0938. The Morgan fingerprint density at radius 2 is 1.73 bits per heavy atom. The van der Waals surface area contributed by atoms with Gasteiger partial charge < -0.3 is 15.8 Å². The van der Waals surface area contributed by atoms with Crippen molar-refractivity contribution >= 4 is 22.5 Å². The molecule has 0 spiro atoms. The molecular formula is C32H27N7O2. The van der Waals surface area contributed by atoms with Crippen LogP contribution < -0.4 is 21.3 Å². The van der Waals surface area contributed by atoms with Crippen LogP contribution in [0.5, 0.6) is 5.88 Å². The molecule has 9 heteroatoms. The van der Waals surface area contributed by atoms with Crippen LogP contribution in [-0.4, -0.2) is 31.6 Å². The zero-order valence-electron chi connectivity index (χ0n) is 22.5. The fourth-order valence-electron chi connectivity index (χ4n) is 4.99. The number of para-hydroxylation sites is 1. The number of hydrogen-bond acceptors (Lipinski definition) is 8. The monoisotopic (exact) mass is 541 g/mol. The van der Waals surface area contributed by atoms with E-state index in [-0.39, 0.29) is 17.5 Å². The van der Waals surface area contributed by atoms with Crippen molar-refractivity contribution in [1.29, 1.82) is 0 Å². The van der Waals surface area contributed by atoms with Gasteiger partial charge in [0.15, 0.2) is 0 Å². The number of anilines is 2. The Bertz CT molecular complexity index is 1910. The Morgan fingerprint density at radius 3 is 2.51 bits per heavy atom. The highest BCUT2D eigenvalue weighted by molar-refractivity contribution is 5.96. The summed E-state index contributed by atoms with van der Waals surface area (Å²) >= 11 is 0. The fourth-order valence-corrected chi connectivity index (χ4v) is 4.99. The minimum atomic E-state index is -0.346. The van der Waals surface area contributed by atoms with Gasteiger partial charge in [-0.25, -0.2) is 9.97 Å². The van der Waals surface area contributed by atoms with Crippen LogP contribution in [0.4, 0.5) is 11.8 Å². The van der Waals surface area contributed by atoms with Gasteiger partial charge >= 0.3 is 0 Å². The Labute approximate surface area is 236 Å². The van der Waals surface area contributed by atoms with E-state index in [1.165, 1.54) is 0 Å². The van der Waals surface area contributed by atoms with Gasteiger partial charge in [-0.05, 0) is 53.8 Å². The molecule has 0 unspecified atom stereocenters. The third kappa shape index (κ3) is 4.96. The van der Waals surface area contributed by atoms with Crippen LogP contribution in [0.1, 0.15) is 18.7 Å². The highest BCUT2D eigenvalue weighted by Gasteiger charge is 2.20. The molecule has 4 aromatic heterocycles. The van der Waals surface area contributed by atoms with Crippen LogP contribution in [0, 0.1) is 0 Å². The van der Waals surface area contributed by atoms with Gasteiger partial charge in [-0.15, -0.1) is 0 Å². The van der Waals surface area contributed by atoms with Crippen LogP contribution in [0.3, 0.4) is 0 Å². The molecule has 6 rings (SSSR count). The van der Waals surface area contributed by atoms with Crippen molar-refractivity contribution in [2.24, 2.45) is 0 Å². The smallest absolute Gasteiger partial charge is 0.263 e. The van der Waals surface area contributed by atoms with Crippen LogP contribution in [0.2, 0.25) is 0 Å². The molecule has 9 nitrogen and oxygen atoms in total. The van der Waals surface area contributed by atoms with Crippen molar-refractivity contribution in [3.63, 3.8) is 0 Å². The first-order valence-electron chi connectivity index (χ1n) is 13.1. The predicted octanol–water partition coefficient (Wildman–Crippen LogP) is 5.67. The molecule has 0 amide bonds. The molecule has 0 aliphatic rings. The van der Waals surface area contributed by atoms with Crippen molar-refractivity contribution in [3.05, 3.63) is 120 Å². The van der Waals surface area contributed by atoms with Crippen LogP contribution in [0.15, 0.2) is 108 Å². The summed E-state index contributed by atoms with van der Waals surface area (Å²) in [5.74, 6) is 1.16. The van der Waals surface area contributed by atoms with Crippen molar-refractivity contribution < 1.29 is 4.74 Å². The van der Waals surface area contributed by atoms with E-state index >= 15 is 0 Å². The lowest BCUT2D eigenvalue weighted by Gasteiger charge is -2.23. The average Bonchev–Trinajstić information content (AvgIpc) is 3.01. The quantitative estimate of drug-likeness (QED) is 0.265.